The molecule has 29 heavy (non-hydrogen) atoms. The molecule has 2 heterocycles. The van der Waals surface area contributed by atoms with E-state index >= 15 is 0 Å². The van der Waals surface area contributed by atoms with E-state index in [9.17, 15) is 0 Å². The lowest BCUT2D eigenvalue weighted by atomic mass is 10.2. The van der Waals surface area contributed by atoms with E-state index in [0.29, 0.717) is 25.1 Å². The number of ether oxygens (including phenoxy) is 2. The number of hydrogen-bond acceptors (Lipinski definition) is 6. The molecule has 166 valence electrons. The van der Waals surface area contributed by atoms with Crippen LogP contribution in [-0.2, 0) is 23.1 Å². The monoisotopic (exact) mass is 521 g/mol. The van der Waals surface area contributed by atoms with Gasteiger partial charge in [0.2, 0.25) is 0 Å². The fourth-order valence-electron chi connectivity index (χ4n) is 3.37. The predicted octanol–water partition coefficient (Wildman–Crippen LogP) is 0.924. The quantitative estimate of drug-likeness (QED) is 0.205. The van der Waals surface area contributed by atoms with E-state index in [1.165, 1.54) is 12.8 Å². The standard InChI is InChI=1S/C19H35N7O2.HI/c1-15-23-24-18(25(15)2)13-21-19(22-17(14-27-3)16-5-6-16)20-7-4-8-26-9-11-28-12-10-26;/h16-17H,4-14H2,1-3H3,(H2,20,21,22);1H. The molecule has 0 radical (unpaired) electrons. The summed E-state index contributed by atoms with van der Waals surface area (Å²) >= 11 is 0. The first-order valence-corrected chi connectivity index (χ1v) is 10.4. The number of aryl methyl sites for hydroxylation is 1. The molecule has 2 aliphatic rings. The summed E-state index contributed by atoms with van der Waals surface area (Å²) in [5.74, 6) is 3.27. The lowest BCUT2D eigenvalue weighted by molar-refractivity contribution is 0.0376. The van der Waals surface area contributed by atoms with E-state index < -0.39 is 0 Å². The first kappa shape index (κ1) is 24.3. The molecule has 10 heteroatoms. The van der Waals surface area contributed by atoms with Gasteiger partial charge in [-0.15, -0.1) is 34.2 Å². The second kappa shape index (κ2) is 12.7. The Morgan fingerprint density at radius 2 is 2.07 bits per heavy atom. The van der Waals surface area contributed by atoms with Crippen LogP contribution in [0.3, 0.4) is 0 Å². The van der Waals surface area contributed by atoms with Gasteiger partial charge in [0.05, 0.1) is 25.9 Å². The van der Waals surface area contributed by atoms with E-state index in [1.54, 1.807) is 7.11 Å². The van der Waals surface area contributed by atoms with Gasteiger partial charge in [-0.2, -0.15) is 0 Å². The Morgan fingerprint density at radius 3 is 2.69 bits per heavy atom. The molecule has 0 bridgehead atoms. The highest BCUT2D eigenvalue weighted by atomic mass is 127. The largest absolute Gasteiger partial charge is 0.383 e. The maximum atomic E-state index is 5.41. The van der Waals surface area contributed by atoms with Crippen LogP contribution in [0, 0.1) is 12.8 Å². The molecule has 2 N–H and O–H groups in total. The molecule has 1 aliphatic carbocycles. The van der Waals surface area contributed by atoms with Gasteiger partial charge < -0.3 is 24.7 Å². The number of nitrogens with one attached hydrogen (secondary N) is 2. The van der Waals surface area contributed by atoms with Crippen LogP contribution in [0.1, 0.15) is 30.9 Å². The molecule has 3 rings (SSSR count). The zero-order chi connectivity index (χ0) is 19.8. The van der Waals surface area contributed by atoms with Crippen molar-refractivity contribution < 1.29 is 9.47 Å². The van der Waals surface area contributed by atoms with Gasteiger partial charge in [0.25, 0.3) is 0 Å². The minimum atomic E-state index is 0. The smallest absolute Gasteiger partial charge is 0.192 e. The molecule has 1 aromatic heterocycles. The zero-order valence-electron chi connectivity index (χ0n) is 17.9. The van der Waals surface area contributed by atoms with Gasteiger partial charge in [0.15, 0.2) is 11.8 Å². The number of aliphatic imine (C=N–C) groups is 1. The van der Waals surface area contributed by atoms with Crippen LogP contribution in [0.2, 0.25) is 0 Å². The normalized spacial score (nSPS) is 18.9. The van der Waals surface area contributed by atoms with E-state index in [2.05, 4.69) is 25.7 Å². The Balaban J connectivity index is 0.00000300. The summed E-state index contributed by atoms with van der Waals surface area (Å²) in [6, 6.07) is 0.303. The van der Waals surface area contributed by atoms with E-state index in [-0.39, 0.29) is 24.0 Å². The average molecular weight is 521 g/mol. The van der Waals surface area contributed by atoms with Crippen molar-refractivity contribution in [1.82, 2.24) is 30.3 Å². The second-order valence-corrected chi connectivity index (χ2v) is 7.67. The van der Waals surface area contributed by atoms with Crippen LogP contribution < -0.4 is 10.6 Å². The molecule has 0 aromatic carbocycles. The van der Waals surface area contributed by atoms with Crippen LogP contribution in [0.5, 0.6) is 0 Å². The summed E-state index contributed by atoms with van der Waals surface area (Å²) in [5, 5.41) is 15.4. The van der Waals surface area contributed by atoms with E-state index in [4.69, 9.17) is 14.5 Å². The molecule has 1 unspecified atom stereocenters. The van der Waals surface area contributed by atoms with Crippen LogP contribution in [0.15, 0.2) is 4.99 Å². The maximum absolute atomic E-state index is 5.41. The molecule has 1 atom stereocenters. The van der Waals surface area contributed by atoms with Gasteiger partial charge in [-0.25, -0.2) is 4.99 Å². The van der Waals surface area contributed by atoms with E-state index in [0.717, 1.165) is 63.4 Å². The molecular weight excluding hydrogens is 485 g/mol. The third kappa shape index (κ3) is 7.99. The Bertz CT molecular complexity index is 630. The molecule has 2 fully saturated rings. The van der Waals surface area contributed by atoms with Crippen molar-refractivity contribution in [2.45, 2.75) is 38.8 Å². The topological polar surface area (TPSA) is 88.8 Å². The van der Waals surface area contributed by atoms with E-state index in [1.807, 2.05) is 18.5 Å². The fourth-order valence-corrected chi connectivity index (χ4v) is 3.37. The number of rotatable bonds is 10. The van der Waals surface area contributed by atoms with Crippen molar-refractivity contribution in [2.75, 3.05) is 53.1 Å². The number of guanidine groups is 1. The van der Waals surface area contributed by atoms with Crippen LogP contribution >= 0.6 is 24.0 Å². The second-order valence-electron chi connectivity index (χ2n) is 7.67. The lowest BCUT2D eigenvalue weighted by Gasteiger charge is -2.26. The molecule has 1 saturated carbocycles. The number of methoxy groups -OCH3 is 1. The number of nitrogens with zero attached hydrogens (tertiary/aromatic N) is 5. The first-order valence-electron chi connectivity index (χ1n) is 10.4. The molecule has 1 aliphatic heterocycles. The summed E-state index contributed by atoms with van der Waals surface area (Å²) in [7, 11) is 3.73. The van der Waals surface area contributed by atoms with Gasteiger partial charge in [-0.05, 0) is 38.6 Å². The highest BCUT2D eigenvalue weighted by molar-refractivity contribution is 14.0. The van der Waals surface area contributed by atoms with Crippen molar-refractivity contribution in [3.05, 3.63) is 11.6 Å². The molecule has 1 aromatic rings. The minimum Gasteiger partial charge on any atom is -0.383 e. The van der Waals surface area contributed by atoms with Gasteiger partial charge >= 0.3 is 0 Å². The van der Waals surface area contributed by atoms with Crippen molar-refractivity contribution in [3.63, 3.8) is 0 Å². The maximum Gasteiger partial charge on any atom is 0.192 e. The Hall–Kier alpha value is -0.980. The van der Waals surface area contributed by atoms with Crippen molar-refractivity contribution in [2.24, 2.45) is 18.0 Å². The molecule has 9 nitrogen and oxygen atoms in total. The van der Waals surface area contributed by atoms with Crippen molar-refractivity contribution >= 4 is 29.9 Å². The Morgan fingerprint density at radius 1 is 1.31 bits per heavy atom. The number of aromatic nitrogens is 3. The molecule has 1 saturated heterocycles. The third-order valence-electron chi connectivity index (χ3n) is 5.47. The summed E-state index contributed by atoms with van der Waals surface area (Å²) in [5.41, 5.74) is 0. The average Bonchev–Trinajstić information content (AvgIpc) is 3.51. The summed E-state index contributed by atoms with van der Waals surface area (Å²) < 4.78 is 12.8. The van der Waals surface area contributed by atoms with Gasteiger partial charge in [-0.3, -0.25) is 4.90 Å². The van der Waals surface area contributed by atoms with Crippen LogP contribution in [0.4, 0.5) is 0 Å². The van der Waals surface area contributed by atoms with Gasteiger partial charge in [0, 0.05) is 33.8 Å². The van der Waals surface area contributed by atoms with Crippen LogP contribution in [-0.4, -0.2) is 84.8 Å². The number of morpholine rings is 1. The highest BCUT2D eigenvalue weighted by Gasteiger charge is 2.31. The first-order chi connectivity index (χ1) is 13.7. The zero-order valence-corrected chi connectivity index (χ0v) is 20.2. The minimum absolute atomic E-state index is 0. The molecule has 0 amide bonds. The Labute approximate surface area is 191 Å². The predicted molar refractivity (Wildman–Crippen MR) is 124 cm³/mol. The number of halogens is 1. The van der Waals surface area contributed by atoms with Crippen LogP contribution in [0.25, 0.3) is 0 Å². The summed E-state index contributed by atoms with van der Waals surface area (Å²) in [6.07, 6.45) is 3.59. The van der Waals surface area contributed by atoms with Crippen molar-refractivity contribution in [1.29, 1.82) is 0 Å². The Kier molecular flexibility index (Phi) is 10.6. The third-order valence-corrected chi connectivity index (χ3v) is 5.47. The molecular formula is C19H36IN7O2. The van der Waals surface area contributed by atoms with Gasteiger partial charge in [0.1, 0.15) is 12.4 Å². The number of hydrogen-bond donors (Lipinski definition) is 2. The van der Waals surface area contributed by atoms with Crippen molar-refractivity contribution in [3.8, 4) is 0 Å². The van der Waals surface area contributed by atoms with Gasteiger partial charge in [-0.1, -0.05) is 0 Å². The fraction of sp³-hybridized carbons (Fsp3) is 0.842. The highest BCUT2D eigenvalue weighted by Crippen LogP contribution is 2.32. The summed E-state index contributed by atoms with van der Waals surface area (Å²) in [4.78, 5) is 7.22. The molecule has 0 spiro atoms. The summed E-state index contributed by atoms with van der Waals surface area (Å²) in [6.45, 7) is 8.86. The SMILES string of the molecule is COCC(NC(=NCc1nnc(C)n1C)NCCCN1CCOCC1)C1CC1.I. The lowest BCUT2D eigenvalue weighted by Crippen LogP contribution is -2.47.